The molecule has 2 aromatic carbocycles. The van der Waals surface area contributed by atoms with E-state index in [0.29, 0.717) is 19.5 Å². The number of nitrogens with zero attached hydrogens (tertiary/aromatic N) is 3. The molecule has 1 fully saturated rings. The highest BCUT2D eigenvalue weighted by atomic mass is 127. The van der Waals surface area contributed by atoms with Crippen molar-refractivity contribution in [3.8, 4) is 0 Å². The van der Waals surface area contributed by atoms with Crippen molar-refractivity contribution in [2.75, 3.05) is 38.1 Å². The van der Waals surface area contributed by atoms with Gasteiger partial charge in [-0.25, -0.2) is 0 Å². The summed E-state index contributed by atoms with van der Waals surface area (Å²) in [5, 5.41) is 6.84. The Morgan fingerprint density at radius 1 is 1.12 bits per heavy atom. The van der Waals surface area contributed by atoms with Crippen molar-refractivity contribution < 1.29 is 4.79 Å². The second kappa shape index (κ2) is 13.3. The van der Waals surface area contributed by atoms with E-state index in [4.69, 9.17) is 0 Å². The number of anilines is 1. The fraction of sp³-hybridized carbons (Fsp3) is 0.440. The fourth-order valence-electron chi connectivity index (χ4n) is 3.96. The highest BCUT2D eigenvalue weighted by molar-refractivity contribution is 14.0. The smallest absolute Gasteiger partial charge is 0.222 e. The summed E-state index contributed by atoms with van der Waals surface area (Å²) < 4.78 is 0. The first-order chi connectivity index (χ1) is 15.1. The Bertz CT molecular complexity index is 901. The number of nitrogens with one attached hydrogen (secondary N) is 2. The molecule has 0 atom stereocenters. The number of aryl methyl sites for hydroxylation is 1. The van der Waals surface area contributed by atoms with Crippen LogP contribution in [0.3, 0.4) is 0 Å². The lowest BCUT2D eigenvalue weighted by Crippen LogP contribution is -2.41. The largest absolute Gasteiger partial charge is 0.370 e. The van der Waals surface area contributed by atoms with Crippen molar-refractivity contribution in [3.05, 3.63) is 65.2 Å². The van der Waals surface area contributed by atoms with Crippen LogP contribution in [0.15, 0.2) is 53.5 Å². The molecular weight excluding hydrogens is 513 g/mol. The summed E-state index contributed by atoms with van der Waals surface area (Å²) in [5.41, 5.74) is 4.91. The predicted octanol–water partition coefficient (Wildman–Crippen LogP) is 3.93. The number of carbonyl (C=O) groups is 1. The van der Waals surface area contributed by atoms with Crippen LogP contribution < -0.4 is 15.5 Å². The summed E-state index contributed by atoms with van der Waals surface area (Å²) in [6.45, 7) is 9.17. The van der Waals surface area contributed by atoms with Crippen LogP contribution in [0.2, 0.25) is 0 Å². The van der Waals surface area contributed by atoms with Gasteiger partial charge in [0.05, 0.1) is 0 Å². The van der Waals surface area contributed by atoms with E-state index in [0.717, 1.165) is 38.6 Å². The first-order valence-electron chi connectivity index (χ1n) is 11.2. The van der Waals surface area contributed by atoms with Gasteiger partial charge < -0.3 is 20.4 Å². The summed E-state index contributed by atoms with van der Waals surface area (Å²) in [6.07, 6.45) is 1.64. The molecule has 1 amide bonds. The predicted molar refractivity (Wildman–Crippen MR) is 144 cm³/mol. The Balaban J connectivity index is 0.00000363. The summed E-state index contributed by atoms with van der Waals surface area (Å²) in [6, 6.07) is 16.9. The highest BCUT2D eigenvalue weighted by Crippen LogP contribution is 2.17. The van der Waals surface area contributed by atoms with Gasteiger partial charge in [0.25, 0.3) is 0 Å². The number of amides is 1. The molecule has 2 N–H and O–H groups in total. The third-order valence-electron chi connectivity index (χ3n) is 5.74. The zero-order chi connectivity index (χ0) is 22.1. The number of rotatable bonds is 9. The topological polar surface area (TPSA) is 60.0 Å². The molecule has 0 spiro atoms. The Morgan fingerprint density at radius 2 is 1.91 bits per heavy atom. The van der Waals surface area contributed by atoms with E-state index in [2.05, 4.69) is 70.8 Å². The third-order valence-corrected chi connectivity index (χ3v) is 5.74. The molecule has 1 saturated heterocycles. The minimum absolute atomic E-state index is 0. The molecule has 6 nitrogen and oxygen atoms in total. The number of likely N-dealkylation sites (tertiary alicyclic amines) is 1. The van der Waals surface area contributed by atoms with Gasteiger partial charge in [-0.15, -0.1) is 24.0 Å². The summed E-state index contributed by atoms with van der Waals surface area (Å²) in [7, 11) is 1.79. The minimum atomic E-state index is 0. The van der Waals surface area contributed by atoms with Crippen molar-refractivity contribution in [1.29, 1.82) is 0 Å². The van der Waals surface area contributed by atoms with Crippen molar-refractivity contribution in [3.63, 3.8) is 0 Å². The van der Waals surface area contributed by atoms with Gasteiger partial charge in [0.15, 0.2) is 5.96 Å². The second-order valence-corrected chi connectivity index (χ2v) is 7.96. The van der Waals surface area contributed by atoms with Gasteiger partial charge >= 0.3 is 0 Å². The molecule has 1 aliphatic heterocycles. The number of likely N-dealkylation sites (N-methyl/N-ethyl adjacent to an activating group) is 1. The minimum Gasteiger partial charge on any atom is -0.370 e. The number of hydrogen-bond acceptors (Lipinski definition) is 3. The summed E-state index contributed by atoms with van der Waals surface area (Å²) >= 11 is 0. The van der Waals surface area contributed by atoms with E-state index in [9.17, 15) is 4.79 Å². The van der Waals surface area contributed by atoms with Gasteiger partial charge in [-0.3, -0.25) is 9.79 Å². The normalized spacial score (nSPS) is 13.7. The Labute approximate surface area is 209 Å². The number of carbonyl (C=O) groups excluding carboxylic acids is 1. The second-order valence-electron chi connectivity index (χ2n) is 7.96. The highest BCUT2D eigenvalue weighted by Gasteiger charge is 2.20. The standard InChI is InChI=1S/C25H35N5O.HI/c1-4-29(23-12-7-9-20(2)17-23)16-14-27-25(26-3)28-18-21-10-5-6-11-22(21)19-30-15-8-13-24(30)31;/h5-7,9-12,17H,4,8,13-16,18-19H2,1-3H3,(H2,26,27,28);1H. The Hall–Kier alpha value is -2.29. The molecule has 0 aromatic heterocycles. The van der Waals surface area contributed by atoms with Crippen molar-refractivity contribution in [2.24, 2.45) is 4.99 Å². The van der Waals surface area contributed by atoms with Crippen LogP contribution in [-0.4, -0.2) is 50.0 Å². The van der Waals surface area contributed by atoms with E-state index < -0.39 is 0 Å². The van der Waals surface area contributed by atoms with Crippen LogP contribution in [0.1, 0.15) is 36.5 Å². The first-order valence-corrected chi connectivity index (χ1v) is 11.2. The van der Waals surface area contributed by atoms with Gasteiger partial charge in [-0.2, -0.15) is 0 Å². The molecule has 7 heteroatoms. The van der Waals surface area contributed by atoms with E-state index in [1.54, 1.807) is 7.05 Å². The van der Waals surface area contributed by atoms with Crippen molar-refractivity contribution >= 4 is 41.5 Å². The SMILES string of the molecule is CCN(CCNC(=NC)NCc1ccccc1CN1CCCC1=O)c1cccc(C)c1.I. The summed E-state index contributed by atoms with van der Waals surface area (Å²) in [5.74, 6) is 1.04. The van der Waals surface area contributed by atoms with Crippen LogP contribution in [0.5, 0.6) is 0 Å². The average molecular weight is 550 g/mol. The van der Waals surface area contributed by atoms with E-state index in [1.807, 2.05) is 17.0 Å². The molecule has 1 heterocycles. The van der Waals surface area contributed by atoms with E-state index >= 15 is 0 Å². The molecule has 32 heavy (non-hydrogen) atoms. The van der Waals surface area contributed by atoms with Crippen LogP contribution in [0.25, 0.3) is 0 Å². The van der Waals surface area contributed by atoms with Crippen molar-refractivity contribution in [1.82, 2.24) is 15.5 Å². The first kappa shape index (κ1) is 26.0. The van der Waals surface area contributed by atoms with Crippen LogP contribution in [0.4, 0.5) is 5.69 Å². The van der Waals surface area contributed by atoms with E-state index in [-0.39, 0.29) is 29.9 Å². The third kappa shape index (κ3) is 7.39. The molecule has 174 valence electrons. The Morgan fingerprint density at radius 3 is 2.56 bits per heavy atom. The van der Waals surface area contributed by atoms with Crippen LogP contribution >= 0.6 is 24.0 Å². The number of guanidine groups is 1. The molecule has 0 radical (unpaired) electrons. The maximum Gasteiger partial charge on any atom is 0.222 e. The van der Waals surface area contributed by atoms with Crippen LogP contribution in [0, 0.1) is 6.92 Å². The molecule has 3 rings (SSSR count). The zero-order valence-electron chi connectivity index (χ0n) is 19.4. The lowest BCUT2D eigenvalue weighted by atomic mass is 10.1. The molecule has 0 bridgehead atoms. The van der Waals surface area contributed by atoms with Crippen molar-refractivity contribution in [2.45, 2.75) is 39.8 Å². The van der Waals surface area contributed by atoms with Gasteiger partial charge in [0.1, 0.15) is 0 Å². The number of hydrogen-bond donors (Lipinski definition) is 2. The maximum absolute atomic E-state index is 12.0. The van der Waals surface area contributed by atoms with Gasteiger partial charge in [-0.05, 0) is 49.1 Å². The summed E-state index contributed by atoms with van der Waals surface area (Å²) in [4.78, 5) is 20.7. The molecule has 0 unspecified atom stereocenters. The molecule has 2 aromatic rings. The van der Waals surface area contributed by atoms with Gasteiger partial charge in [0, 0.05) is 58.4 Å². The quantitative estimate of drug-likeness (QED) is 0.283. The van der Waals surface area contributed by atoms with Crippen LogP contribution in [-0.2, 0) is 17.9 Å². The fourth-order valence-corrected chi connectivity index (χ4v) is 3.96. The number of benzene rings is 2. The average Bonchev–Trinajstić information content (AvgIpc) is 3.18. The van der Waals surface area contributed by atoms with Gasteiger partial charge in [0.2, 0.25) is 5.91 Å². The molecule has 1 aliphatic rings. The lowest BCUT2D eigenvalue weighted by molar-refractivity contribution is -0.128. The molecule has 0 saturated carbocycles. The Kier molecular flexibility index (Phi) is 10.8. The number of halogens is 1. The zero-order valence-corrected chi connectivity index (χ0v) is 21.8. The molecular formula is C25H36IN5O. The van der Waals surface area contributed by atoms with E-state index in [1.165, 1.54) is 22.4 Å². The van der Waals surface area contributed by atoms with Gasteiger partial charge in [-0.1, -0.05) is 36.4 Å². The maximum atomic E-state index is 12.0. The molecule has 0 aliphatic carbocycles. The number of aliphatic imine (C=N–C) groups is 1. The lowest BCUT2D eigenvalue weighted by Gasteiger charge is -2.24. The monoisotopic (exact) mass is 549 g/mol.